The van der Waals surface area contributed by atoms with Gasteiger partial charge >= 0.3 is 5.97 Å². The van der Waals surface area contributed by atoms with Crippen LogP contribution in [0.3, 0.4) is 0 Å². The Bertz CT molecular complexity index is 888. The number of hydrogen-bond donors (Lipinski definition) is 3. The van der Waals surface area contributed by atoms with E-state index in [9.17, 15) is 9.90 Å². The number of carbonyl (C=O) groups is 1. The Balaban J connectivity index is 2.29. The highest BCUT2D eigenvalue weighted by Crippen LogP contribution is 2.41. The minimum atomic E-state index is -0.921. The van der Waals surface area contributed by atoms with Gasteiger partial charge in [0.25, 0.3) is 0 Å². The highest BCUT2D eigenvalue weighted by Gasteiger charge is 2.21. The van der Waals surface area contributed by atoms with Gasteiger partial charge in [0, 0.05) is 34.3 Å². The smallest absolute Gasteiger partial charge is 0.348 e. The molecular formula is C17H19N3O2S. The van der Waals surface area contributed by atoms with Crippen molar-refractivity contribution in [2.75, 3.05) is 11.9 Å². The maximum absolute atomic E-state index is 11.7. The van der Waals surface area contributed by atoms with Crippen LogP contribution in [0.5, 0.6) is 0 Å². The van der Waals surface area contributed by atoms with Gasteiger partial charge in [-0.25, -0.2) is 4.79 Å². The molecule has 5 nitrogen and oxygen atoms in total. The molecule has 0 saturated carbocycles. The molecular weight excluding hydrogens is 310 g/mol. The quantitative estimate of drug-likeness (QED) is 0.665. The molecule has 0 fully saturated rings. The van der Waals surface area contributed by atoms with Crippen LogP contribution >= 0.6 is 11.3 Å². The first-order chi connectivity index (χ1) is 11.0. The molecule has 1 aromatic carbocycles. The number of nitrogens with one attached hydrogen (secondary N) is 1. The van der Waals surface area contributed by atoms with E-state index in [0.717, 1.165) is 33.0 Å². The normalized spacial score (nSPS) is 12.7. The zero-order valence-corrected chi connectivity index (χ0v) is 13.9. The predicted molar refractivity (Wildman–Crippen MR) is 95.6 cm³/mol. The molecule has 0 spiro atoms. The van der Waals surface area contributed by atoms with Gasteiger partial charge in [-0.3, -0.25) is 4.98 Å². The van der Waals surface area contributed by atoms with Crippen molar-refractivity contribution in [3.05, 3.63) is 34.8 Å². The van der Waals surface area contributed by atoms with Crippen LogP contribution in [0.4, 0.5) is 5.69 Å². The van der Waals surface area contributed by atoms with Crippen LogP contribution in [0.25, 0.3) is 21.0 Å². The summed E-state index contributed by atoms with van der Waals surface area (Å²) in [5.74, 6) is -0.921. The summed E-state index contributed by atoms with van der Waals surface area (Å²) >= 11 is 1.30. The van der Waals surface area contributed by atoms with Crippen LogP contribution in [0.1, 0.15) is 28.6 Å². The molecule has 0 aliphatic carbocycles. The number of aromatic nitrogens is 1. The molecule has 6 heteroatoms. The lowest BCUT2D eigenvalue weighted by atomic mass is 10.1. The summed E-state index contributed by atoms with van der Waals surface area (Å²) in [6, 6.07) is 5.84. The monoisotopic (exact) mass is 329 g/mol. The van der Waals surface area contributed by atoms with Gasteiger partial charge < -0.3 is 16.2 Å². The third kappa shape index (κ3) is 2.75. The number of aromatic carboxylic acids is 1. The minimum Gasteiger partial charge on any atom is -0.477 e. The van der Waals surface area contributed by atoms with Crippen molar-refractivity contribution in [2.45, 2.75) is 26.3 Å². The molecule has 0 bridgehead atoms. The second kappa shape index (κ2) is 6.14. The minimum absolute atomic E-state index is 0.0132. The SMILES string of the molecule is CC[C@@H](N)CNc1c(C(=O)O)sc2c(C)cc3ncccc3c12. The number of pyridine rings is 1. The fourth-order valence-corrected chi connectivity index (χ4v) is 3.78. The number of fused-ring (bicyclic) bond motifs is 3. The number of aryl methyl sites for hydroxylation is 1. The van der Waals surface area contributed by atoms with E-state index in [1.807, 2.05) is 32.0 Å². The Morgan fingerprint density at radius 1 is 1.52 bits per heavy atom. The maximum Gasteiger partial charge on any atom is 0.348 e. The number of nitrogens with two attached hydrogens (primary N) is 1. The van der Waals surface area contributed by atoms with Gasteiger partial charge in [-0.1, -0.05) is 13.0 Å². The van der Waals surface area contributed by atoms with Crippen LogP contribution in [-0.4, -0.2) is 28.6 Å². The summed E-state index contributed by atoms with van der Waals surface area (Å²) in [4.78, 5) is 16.4. The summed E-state index contributed by atoms with van der Waals surface area (Å²) < 4.78 is 0.982. The van der Waals surface area contributed by atoms with Crippen LogP contribution in [0, 0.1) is 6.92 Å². The lowest BCUT2D eigenvalue weighted by Crippen LogP contribution is -2.28. The first-order valence-electron chi connectivity index (χ1n) is 7.56. The number of carboxylic acids is 1. The number of carboxylic acid groups (broad SMARTS) is 1. The lowest BCUT2D eigenvalue weighted by molar-refractivity contribution is 0.0703. The van der Waals surface area contributed by atoms with Crippen molar-refractivity contribution in [2.24, 2.45) is 5.73 Å². The Morgan fingerprint density at radius 2 is 2.30 bits per heavy atom. The molecule has 1 atom stereocenters. The number of hydrogen-bond acceptors (Lipinski definition) is 5. The second-order valence-electron chi connectivity index (χ2n) is 5.63. The van der Waals surface area contributed by atoms with Gasteiger partial charge in [0.05, 0.1) is 11.2 Å². The van der Waals surface area contributed by atoms with Crippen molar-refractivity contribution < 1.29 is 9.90 Å². The van der Waals surface area contributed by atoms with E-state index < -0.39 is 5.97 Å². The Labute approximate surface area is 138 Å². The molecule has 0 unspecified atom stereocenters. The van der Waals surface area contributed by atoms with Crippen molar-refractivity contribution >= 4 is 44.0 Å². The van der Waals surface area contributed by atoms with Gasteiger partial charge in [-0.2, -0.15) is 0 Å². The third-order valence-electron chi connectivity index (χ3n) is 3.99. The van der Waals surface area contributed by atoms with Crippen molar-refractivity contribution in [3.8, 4) is 0 Å². The van der Waals surface area contributed by atoms with E-state index in [1.54, 1.807) is 6.20 Å². The van der Waals surface area contributed by atoms with Crippen molar-refractivity contribution in [3.63, 3.8) is 0 Å². The molecule has 0 saturated heterocycles. The summed E-state index contributed by atoms with van der Waals surface area (Å²) in [5.41, 5.74) is 8.54. The average Bonchev–Trinajstić information content (AvgIpc) is 2.93. The van der Waals surface area contributed by atoms with E-state index in [2.05, 4.69) is 10.3 Å². The summed E-state index contributed by atoms with van der Waals surface area (Å²) in [7, 11) is 0. The molecule has 0 aliphatic rings. The highest BCUT2D eigenvalue weighted by molar-refractivity contribution is 7.22. The molecule has 4 N–H and O–H groups in total. The first kappa shape index (κ1) is 15.7. The fourth-order valence-electron chi connectivity index (χ4n) is 2.68. The molecule has 120 valence electrons. The number of thiophene rings is 1. The zero-order valence-electron chi connectivity index (χ0n) is 13.1. The molecule has 0 amide bonds. The largest absolute Gasteiger partial charge is 0.477 e. The molecule has 23 heavy (non-hydrogen) atoms. The van der Waals surface area contributed by atoms with Crippen LogP contribution in [0.15, 0.2) is 24.4 Å². The number of rotatable bonds is 5. The Kier molecular flexibility index (Phi) is 4.19. The fraction of sp³-hybridized carbons (Fsp3) is 0.294. The van der Waals surface area contributed by atoms with E-state index >= 15 is 0 Å². The second-order valence-corrected chi connectivity index (χ2v) is 6.65. The summed E-state index contributed by atoms with van der Waals surface area (Å²) in [6.07, 6.45) is 2.58. The van der Waals surface area contributed by atoms with Crippen LogP contribution in [-0.2, 0) is 0 Å². The lowest BCUT2D eigenvalue weighted by Gasteiger charge is -2.12. The van der Waals surface area contributed by atoms with E-state index in [4.69, 9.17) is 5.73 Å². The zero-order chi connectivity index (χ0) is 16.6. The summed E-state index contributed by atoms with van der Waals surface area (Å²) in [6.45, 7) is 4.54. The molecule has 2 aromatic heterocycles. The van der Waals surface area contributed by atoms with E-state index in [-0.39, 0.29) is 6.04 Å². The average molecular weight is 329 g/mol. The van der Waals surface area contributed by atoms with Gasteiger partial charge in [0.1, 0.15) is 4.88 Å². The third-order valence-corrected chi connectivity index (χ3v) is 5.30. The molecule has 0 radical (unpaired) electrons. The number of nitrogens with zero attached hydrogens (tertiary/aromatic N) is 1. The van der Waals surface area contributed by atoms with Gasteiger partial charge in [-0.05, 0) is 31.0 Å². The van der Waals surface area contributed by atoms with Gasteiger partial charge in [0.15, 0.2) is 0 Å². The first-order valence-corrected chi connectivity index (χ1v) is 8.38. The standard InChI is InChI=1S/C17H19N3O2S/c1-3-10(18)8-20-14-13-11-5-4-6-19-12(11)7-9(2)15(13)23-16(14)17(21)22/h4-7,10,20H,3,8,18H2,1-2H3,(H,21,22)/t10-/m1/s1. The topological polar surface area (TPSA) is 88.2 Å². The molecule has 2 heterocycles. The Morgan fingerprint density at radius 3 is 3.00 bits per heavy atom. The molecule has 3 aromatic rings. The summed E-state index contributed by atoms with van der Waals surface area (Å²) in [5, 5.41) is 14.7. The molecule has 3 rings (SSSR count). The van der Waals surface area contributed by atoms with E-state index in [0.29, 0.717) is 17.1 Å². The van der Waals surface area contributed by atoms with Gasteiger partial charge in [0.2, 0.25) is 0 Å². The van der Waals surface area contributed by atoms with Crippen LogP contribution < -0.4 is 11.1 Å². The van der Waals surface area contributed by atoms with Crippen LogP contribution in [0.2, 0.25) is 0 Å². The van der Waals surface area contributed by atoms with Crippen molar-refractivity contribution in [1.82, 2.24) is 4.98 Å². The number of anilines is 1. The van der Waals surface area contributed by atoms with Gasteiger partial charge in [-0.15, -0.1) is 11.3 Å². The maximum atomic E-state index is 11.7. The van der Waals surface area contributed by atoms with Crippen molar-refractivity contribution in [1.29, 1.82) is 0 Å². The van der Waals surface area contributed by atoms with E-state index in [1.165, 1.54) is 11.3 Å². The Hall–Kier alpha value is -2.18. The number of benzene rings is 1. The predicted octanol–water partition coefficient (Wildman–Crippen LogP) is 3.61. The molecule has 0 aliphatic heterocycles. The highest BCUT2D eigenvalue weighted by atomic mass is 32.1.